The molecular formula is C21H28N2O2. The number of rotatable bonds is 4. The highest BCUT2D eigenvalue weighted by atomic mass is 16.2. The fourth-order valence-corrected chi connectivity index (χ4v) is 4.02. The van der Waals surface area contributed by atoms with E-state index in [9.17, 15) is 9.59 Å². The lowest BCUT2D eigenvalue weighted by Gasteiger charge is -2.29. The Kier molecular flexibility index (Phi) is 5.67. The number of fused-ring (bicyclic) bond motifs is 1. The summed E-state index contributed by atoms with van der Waals surface area (Å²) in [5, 5.41) is 2.89. The van der Waals surface area contributed by atoms with Crippen LogP contribution in [0.5, 0.6) is 0 Å². The zero-order valence-electron chi connectivity index (χ0n) is 15.3. The molecular weight excluding hydrogens is 312 g/mol. The molecule has 0 aromatic carbocycles. The normalized spacial score (nSPS) is 25.5. The van der Waals surface area contributed by atoms with Crippen molar-refractivity contribution in [3.05, 3.63) is 35.6 Å². The van der Waals surface area contributed by atoms with Crippen LogP contribution >= 0.6 is 0 Å². The van der Waals surface area contributed by atoms with Gasteiger partial charge in [-0.1, -0.05) is 52.0 Å². The number of carbonyl (C=O) groups is 2. The number of hydrogen-bond donors (Lipinski definition) is 1. The number of nitrogens with zero attached hydrogens (tertiary/aromatic N) is 1. The molecule has 0 bridgehead atoms. The smallest absolute Gasteiger partial charge is 0.248 e. The number of hydrogen-bond acceptors (Lipinski definition) is 2. The van der Waals surface area contributed by atoms with Crippen LogP contribution in [0.25, 0.3) is 0 Å². The fraction of sp³-hybridized carbons (Fsp3) is 0.571. The Morgan fingerprint density at radius 1 is 1.24 bits per heavy atom. The van der Waals surface area contributed by atoms with Gasteiger partial charge in [0.15, 0.2) is 0 Å². The molecule has 1 atom stereocenters. The van der Waals surface area contributed by atoms with Gasteiger partial charge in [-0.05, 0) is 36.0 Å². The predicted molar refractivity (Wildman–Crippen MR) is 100 cm³/mol. The molecule has 1 fully saturated rings. The molecule has 1 saturated carbocycles. The lowest BCUT2D eigenvalue weighted by molar-refractivity contribution is -0.118. The van der Waals surface area contributed by atoms with E-state index in [1.807, 2.05) is 18.2 Å². The first-order valence-electron chi connectivity index (χ1n) is 9.56. The van der Waals surface area contributed by atoms with E-state index in [1.165, 1.54) is 32.1 Å². The Morgan fingerprint density at radius 2 is 2.00 bits per heavy atom. The van der Waals surface area contributed by atoms with Gasteiger partial charge < -0.3 is 5.32 Å². The summed E-state index contributed by atoms with van der Waals surface area (Å²) in [4.78, 5) is 28.3. The second-order valence-electron chi connectivity index (χ2n) is 7.70. The molecule has 1 heterocycles. The zero-order chi connectivity index (χ0) is 17.8. The molecule has 0 spiro atoms. The largest absolute Gasteiger partial charge is 0.325 e. The maximum Gasteiger partial charge on any atom is 0.248 e. The van der Waals surface area contributed by atoms with E-state index in [1.54, 1.807) is 6.08 Å². The van der Waals surface area contributed by atoms with Crippen molar-refractivity contribution in [1.82, 2.24) is 5.32 Å². The molecule has 25 heavy (non-hydrogen) atoms. The van der Waals surface area contributed by atoms with Crippen LogP contribution in [0.3, 0.4) is 0 Å². The highest BCUT2D eigenvalue weighted by molar-refractivity contribution is 6.11. The van der Waals surface area contributed by atoms with Crippen molar-refractivity contribution >= 4 is 17.5 Å². The Hall–Kier alpha value is -1.97. The minimum Gasteiger partial charge on any atom is -0.325 e. The van der Waals surface area contributed by atoms with Gasteiger partial charge in [0.1, 0.15) is 0 Å². The first-order valence-corrected chi connectivity index (χ1v) is 9.56. The lowest BCUT2D eigenvalue weighted by Crippen LogP contribution is -2.34. The van der Waals surface area contributed by atoms with Gasteiger partial charge >= 0.3 is 0 Å². The predicted octanol–water partition coefficient (Wildman–Crippen LogP) is 4.10. The summed E-state index contributed by atoms with van der Waals surface area (Å²) in [7, 11) is 0. The van der Waals surface area contributed by atoms with E-state index in [4.69, 9.17) is 0 Å². The first-order chi connectivity index (χ1) is 12.0. The summed E-state index contributed by atoms with van der Waals surface area (Å²) in [5.74, 6) is 0.944. The van der Waals surface area contributed by atoms with Gasteiger partial charge in [-0.3, -0.25) is 9.59 Å². The minimum absolute atomic E-state index is 0.0534. The molecule has 4 nitrogen and oxygen atoms in total. The number of nitrogens with one attached hydrogen (secondary N) is 1. The minimum atomic E-state index is -0.0931. The standard InChI is InChI=1S/C21H28N2O2/c1-14(2)18-13-21(25)23-19-12-16(9-10-17(18)19)22-20(24)11-8-15-6-4-3-5-7-15/h9-10,12-15,17H,3-8,11H2,1-2H3,(H,23,25). The van der Waals surface area contributed by atoms with E-state index in [-0.39, 0.29) is 17.7 Å². The third kappa shape index (κ3) is 4.56. The number of carbonyl (C=O) groups excluding carboxylic acids is 2. The Labute approximate surface area is 150 Å². The summed E-state index contributed by atoms with van der Waals surface area (Å²) >= 11 is 0. The van der Waals surface area contributed by atoms with Crippen LogP contribution in [0.2, 0.25) is 0 Å². The van der Waals surface area contributed by atoms with Crippen molar-refractivity contribution in [1.29, 1.82) is 0 Å². The summed E-state index contributed by atoms with van der Waals surface area (Å²) in [6.45, 7) is 4.18. The third-order valence-corrected chi connectivity index (χ3v) is 5.43. The maximum absolute atomic E-state index is 12.2. The first kappa shape index (κ1) is 17.8. The molecule has 1 unspecified atom stereocenters. The Balaban J connectivity index is 1.63. The average Bonchev–Trinajstić information content (AvgIpc) is 2.59. The van der Waals surface area contributed by atoms with Gasteiger partial charge in [0.25, 0.3) is 0 Å². The second kappa shape index (κ2) is 7.94. The molecule has 2 aliphatic carbocycles. The maximum atomic E-state index is 12.2. The molecule has 0 aromatic heterocycles. The highest BCUT2D eigenvalue weighted by Crippen LogP contribution is 2.32. The molecule has 3 rings (SSSR count). The summed E-state index contributed by atoms with van der Waals surface area (Å²) in [5.41, 5.74) is 2.58. The molecule has 134 valence electrons. The molecule has 0 radical (unpaired) electrons. The van der Waals surface area contributed by atoms with Crippen LogP contribution in [-0.4, -0.2) is 17.5 Å². The van der Waals surface area contributed by atoms with Crippen molar-refractivity contribution in [2.45, 2.75) is 58.8 Å². The monoisotopic (exact) mass is 340 g/mol. The van der Waals surface area contributed by atoms with Crippen LogP contribution in [-0.2, 0) is 9.59 Å². The molecule has 3 aliphatic rings. The molecule has 0 aromatic rings. The summed E-state index contributed by atoms with van der Waals surface area (Å²) in [6.07, 6.45) is 15.4. The van der Waals surface area contributed by atoms with Crippen LogP contribution in [0.1, 0.15) is 58.8 Å². The van der Waals surface area contributed by atoms with E-state index in [0.717, 1.165) is 17.7 Å². The van der Waals surface area contributed by atoms with Crippen molar-refractivity contribution in [3.8, 4) is 0 Å². The second-order valence-corrected chi connectivity index (χ2v) is 7.70. The Morgan fingerprint density at radius 3 is 2.72 bits per heavy atom. The van der Waals surface area contributed by atoms with E-state index < -0.39 is 0 Å². The van der Waals surface area contributed by atoms with Crippen molar-refractivity contribution in [3.63, 3.8) is 0 Å². The Bertz CT molecular complexity index is 661. The lowest BCUT2D eigenvalue weighted by atomic mass is 9.82. The van der Waals surface area contributed by atoms with Crippen LogP contribution in [0.15, 0.2) is 40.6 Å². The van der Waals surface area contributed by atoms with E-state index in [0.29, 0.717) is 24.0 Å². The van der Waals surface area contributed by atoms with Crippen molar-refractivity contribution in [2.24, 2.45) is 22.7 Å². The highest BCUT2D eigenvalue weighted by Gasteiger charge is 2.27. The number of allylic oxidation sites excluding steroid dienone is 3. The number of aliphatic imine (C=N–C) groups is 1. The van der Waals surface area contributed by atoms with Gasteiger partial charge in [-0.25, -0.2) is 4.99 Å². The van der Waals surface area contributed by atoms with E-state index >= 15 is 0 Å². The fourth-order valence-electron chi connectivity index (χ4n) is 4.02. The van der Waals surface area contributed by atoms with Gasteiger partial charge in [-0.2, -0.15) is 0 Å². The summed E-state index contributed by atoms with van der Waals surface area (Å²) in [6, 6.07) is 0. The van der Waals surface area contributed by atoms with Gasteiger partial charge in [-0.15, -0.1) is 0 Å². The van der Waals surface area contributed by atoms with E-state index in [2.05, 4.69) is 24.2 Å². The zero-order valence-corrected chi connectivity index (χ0v) is 15.3. The molecule has 4 heteroatoms. The SMILES string of the molecule is CC(C)C1=CC(=O)NC2=CC(=NC(=O)CCC3CCCCC3)C=CC21. The third-order valence-electron chi connectivity index (χ3n) is 5.43. The average molecular weight is 340 g/mol. The van der Waals surface area contributed by atoms with Crippen LogP contribution < -0.4 is 5.32 Å². The van der Waals surface area contributed by atoms with Crippen molar-refractivity contribution < 1.29 is 9.59 Å². The molecule has 1 aliphatic heterocycles. The summed E-state index contributed by atoms with van der Waals surface area (Å²) < 4.78 is 0. The molecule has 0 saturated heterocycles. The quantitative estimate of drug-likeness (QED) is 0.838. The van der Waals surface area contributed by atoms with Gasteiger partial charge in [0, 0.05) is 24.1 Å². The van der Waals surface area contributed by atoms with Crippen LogP contribution in [0, 0.1) is 17.8 Å². The molecule has 2 amide bonds. The van der Waals surface area contributed by atoms with Gasteiger partial charge in [0.2, 0.25) is 11.8 Å². The van der Waals surface area contributed by atoms with Crippen LogP contribution in [0.4, 0.5) is 0 Å². The van der Waals surface area contributed by atoms with Crippen molar-refractivity contribution in [2.75, 3.05) is 0 Å². The molecule has 1 N–H and O–H groups in total. The number of amides is 2. The van der Waals surface area contributed by atoms with Gasteiger partial charge in [0.05, 0.1) is 5.71 Å². The topological polar surface area (TPSA) is 58.5 Å².